The molecule has 4 fully saturated rings. The summed E-state index contributed by atoms with van der Waals surface area (Å²) in [6.07, 6.45) is -13.5. The molecular weight excluding hydrogens is 656 g/mol. The molecule has 0 bridgehead atoms. The number of hydrogen-bond donors (Lipinski definition) is 11. The maximum Gasteiger partial charge on any atom is 0.217 e. The highest BCUT2D eigenvalue weighted by Gasteiger charge is 2.53. The van der Waals surface area contributed by atoms with E-state index in [-0.39, 0.29) is 32.5 Å². The average molecular weight is 713 g/mol. The molecule has 19 nitrogen and oxygen atoms in total. The van der Waals surface area contributed by atoms with Gasteiger partial charge < -0.3 is 91.4 Å². The molecule has 2 aliphatic carbocycles. The minimum absolute atomic E-state index is 0.0998. The van der Waals surface area contributed by atoms with Gasteiger partial charge in [-0.25, -0.2) is 0 Å². The molecule has 286 valence electrons. The molecule has 2 saturated carbocycles. The molecule has 0 aromatic carbocycles. The molecular formula is C30H56N4O15. The normalized spacial score (nSPS) is 47.9. The Labute approximate surface area is 284 Å². The van der Waals surface area contributed by atoms with Gasteiger partial charge in [0.1, 0.15) is 30.5 Å². The number of nitrogens with one attached hydrogen (secondary N) is 1. The fourth-order valence-corrected chi connectivity index (χ4v) is 7.53. The summed E-state index contributed by atoms with van der Waals surface area (Å²) in [5.41, 5.74) is 18.9. The van der Waals surface area contributed by atoms with Crippen molar-refractivity contribution in [1.29, 1.82) is 0 Å². The van der Waals surface area contributed by atoms with Gasteiger partial charge in [0.15, 0.2) is 12.6 Å². The summed E-state index contributed by atoms with van der Waals surface area (Å²) in [6, 6.07) is -3.91. The van der Waals surface area contributed by atoms with Crippen molar-refractivity contribution in [3.63, 3.8) is 0 Å². The molecule has 2 aliphatic heterocycles. The lowest BCUT2D eigenvalue weighted by molar-refractivity contribution is -0.315. The molecule has 19 atom stereocenters. The molecule has 0 spiro atoms. The van der Waals surface area contributed by atoms with Gasteiger partial charge in [-0.3, -0.25) is 4.79 Å². The third-order valence-electron chi connectivity index (χ3n) is 10.2. The summed E-state index contributed by atoms with van der Waals surface area (Å²) in [5, 5.41) is 76.7. The Morgan fingerprint density at radius 3 is 1.76 bits per heavy atom. The van der Waals surface area contributed by atoms with Crippen molar-refractivity contribution in [1.82, 2.24) is 5.32 Å². The molecule has 19 heteroatoms. The lowest BCUT2D eigenvalue weighted by Crippen LogP contribution is -2.69. The van der Waals surface area contributed by atoms with E-state index < -0.39 is 135 Å². The number of aliphatic hydroxyl groups excluding tert-OH is 7. The molecule has 2 heterocycles. The first-order chi connectivity index (χ1) is 23.3. The van der Waals surface area contributed by atoms with Gasteiger partial charge in [-0.05, 0) is 19.3 Å². The number of aliphatic hydroxyl groups is 7. The van der Waals surface area contributed by atoms with Gasteiger partial charge in [0, 0.05) is 46.2 Å². The first kappa shape index (κ1) is 40.6. The molecule has 0 radical (unpaired) electrons. The summed E-state index contributed by atoms with van der Waals surface area (Å²) < 4.78 is 40.8. The van der Waals surface area contributed by atoms with Crippen LogP contribution < -0.4 is 22.5 Å². The summed E-state index contributed by atoms with van der Waals surface area (Å²) in [5.74, 6) is -1.88. The smallest absolute Gasteiger partial charge is 0.217 e. The summed E-state index contributed by atoms with van der Waals surface area (Å²) >= 11 is 0. The highest BCUT2D eigenvalue weighted by atomic mass is 16.7. The van der Waals surface area contributed by atoms with Crippen molar-refractivity contribution in [2.24, 2.45) is 29.0 Å². The van der Waals surface area contributed by atoms with Crippen molar-refractivity contribution >= 4 is 5.91 Å². The quantitative estimate of drug-likeness (QED) is 0.0846. The fraction of sp³-hybridized carbons (Fsp3) is 0.967. The zero-order valence-corrected chi connectivity index (χ0v) is 28.0. The van der Waals surface area contributed by atoms with Crippen LogP contribution in [0.15, 0.2) is 0 Å². The Morgan fingerprint density at radius 1 is 0.673 bits per heavy atom. The summed E-state index contributed by atoms with van der Waals surface area (Å²) in [4.78, 5) is 12.3. The van der Waals surface area contributed by atoms with E-state index in [0.717, 1.165) is 0 Å². The van der Waals surface area contributed by atoms with Crippen molar-refractivity contribution in [3.8, 4) is 0 Å². The van der Waals surface area contributed by atoms with Crippen LogP contribution in [0, 0.1) is 11.8 Å². The number of amides is 1. The Morgan fingerprint density at radius 2 is 1.22 bits per heavy atom. The second-order valence-corrected chi connectivity index (χ2v) is 13.4. The largest absolute Gasteiger partial charge is 0.396 e. The predicted molar refractivity (Wildman–Crippen MR) is 166 cm³/mol. The van der Waals surface area contributed by atoms with Gasteiger partial charge in [0.05, 0.1) is 74.1 Å². The van der Waals surface area contributed by atoms with Gasteiger partial charge in [0.2, 0.25) is 5.91 Å². The van der Waals surface area contributed by atoms with E-state index in [9.17, 15) is 40.5 Å². The zero-order chi connectivity index (χ0) is 36.2. The van der Waals surface area contributed by atoms with Crippen molar-refractivity contribution in [3.05, 3.63) is 0 Å². The lowest BCUT2D eigenvalue weighted by atomic mass is 9.79. The maximum atomic E-state index is 12.3. The molecule has 1 amide bonds. The van der Waals surface area contributed by atoms with Gasteiger partial charge in [-0.1, -0.05) is 0 Å². The first-order valence-electron chi connectivity index (χ1n) is 16.7. The molecule has 10 unspecified atom stereocenters. The van der Waals surface area contributed by atoms with E-state index in [4.69, 9.17) is 50.4 Å². The third kappa shape index (κ3) is 8.88. The number of rotatable bonds is 13. The second-order valence-electron chi connectivity index (χ2n) is 13.4. The standard InChI is InChI=1S/C30H56N4O15/c1-11(39)34-22-25(42)28(46-17-4-12(7-35)26(43-2)23(40)21(17)33)19(10-38)48-30(22)49-27-13(8-36)5-16(20(32)24(27)41)45-15-6-14(31)29(44-3)47-18(15)9-37/h12-30,35-38,40-42H,4-10,31-33H2,1-3H3,(H,34,39)/t12-,13-,14-,15?,16?,17?,18?,19?,20?,21?,22-,23?,24?,25-,26-,27-,28?,29-,30+/m1/s1. The van der Waals surface area contributed by atoms with Crippen molar-refractivity contribution in [2.45, 2.75) is 130 Å². The van der Waals surface area contributed by atoms with Crippen LogP contribution in [0.2, 0.25) is 0 Å². The second kappa shape index (κ2) is 18.0. The zero-order valence-electron chi connectivity index (χ0n) is 28.0. The van der Waals surface area contributed by atoms with E-state index in [1.54, 1.807) is 0 Å². The number of ether oxygens (including phenoxy) is 7. The molecule has 0 aromatic rings. The summed E-state index contributed by atoms with van der Waals surface area (Å²) in [6.45, 7) is -0.655. The molecule has 49 heavy (non-hydrogen) atoms. The van der Waals surface area contributed by atoms with Crippen molar-refractivity contribution < 1.29 is 73.7 Å². The minimum atomic E-state index is -1.56. The Balaban J connectivity index is 1.49. The van der Waals surface area contributed by atoms with Gasteiger partial charge in [-0.15, -0.1) is 0 Å². The van der Waals surface area contributed by atoms with E-state index in [1.165, 1.54) is 21.1 Å². The molecule has 0 aromatic heterocycles. The highest BCUT2D eigenvalue weighted by Crippen LogP contribution is 2.36. The topological polar surface area (TPSA) is 313 Å². The van der Waals surface area contributed by atoms with Crippen LogP contribution >= 0.6 is 0 Å². The Kier molecular flexibility index (Phi) is 14.9. The first-order valence-corrected chi connectivity index (χ1v) is 16.7. The Hall–Kier alpha value is -1.21. The maximum absolute atomic E-state index is 12.3. The van der Waals surface area contributed by atoms with Gasteiger partial charge >= 0.3 is 0 Å². The van der Waals surface area contributed by atoms with Crippen LogP contribution in [0.1, 0.15) is 26.2 Å². The van der Waals surface area contributed by atoms with E-state index >= 15 is 0 Å². The van der Waals surface area contributed by atoms with E-state index in [0.29, 0.717) is 0 Å². The average Bonchev–Trinajstić information content (AvgIpc) is 3.08. The van der Waals surface area contributed by atoms with Crippen LogP contribution in [0.25, 0.3) is 0 Å². The lowest BCUT2D eigenvalue weighted by Gasteiger charge is -2.50. The molecule has 14 N–H and O–H groups in total. The number of carbonyl (C=O) groups is 1. The van der Waals surface area contributed by atoms with Gasteiger partial charge in [-0.2, -0.15) is 0 Å². The monoisotopic (exact) mass is 712 g/mol. The number of nitrogens with two attached hydrogens (primary N) is 3. The van der Waals surface area contributed by atoms with Crippen LogP contribution in [-0.2, 0) is 38.0 Å². The third-order valence-corrected chi connectivity index (χ3v) is 10.2. The van der Waals surface area contributed by atoms with E-state index in [1.807, 2.05) is 0 Å². The summed E-state index contributed by atoms with van der Waals surface area (Å²) in [7, 11) is 2.82. The van der Waals surface area contributed by atoms with Crippen LogP contribution in [0.5, 0.6) is 0 Å². The Bertz CT molecular complexity index is 1030. The van der Waals surface area contributed by atoms with E-state index in [2.05, 4.69) is 5.32 Å². The fourth-order valence-electron chi connectivity index (χ4n) is 7.53. The SMILES string of the molecule is CO[C@@H]1OC(CO)C(OC2C[C@H](CO)[C@@H](O[C@@H]3OC(CO)C(OC4C[C@H](CO)[C@@H](OC)C(O)C4N)[C@H](O)[C@H]3NC(C)=O)C(O)C2N)C[C@H]1N. The molecule has 4 aliphatic rings. The van der Waals surface area contributed by atoms with Crippen LogP contribution in [0.4, 0.5) is 0 Å². The molecule has 2 saturated heterocycles. The van der Waals surface area contributed by atoms with Crippen LogP contribution in [-0.4, -0.2) is 186 Å². The predicted octanol–water partition coefficient (Wildman–Crippen LogP) is -6.04. The van der Waals surface area contributed by atoms with Gasteiger partial charge in [0.25, 0.3) is 0 Å². The number of carbonyl (C=O) groups excluding carboxylic acids is 1. The van der Waals surface area contributed by atoms with Crippen LogP contribution in [0.3, 0.4) is 0 Å². The minimum Gasteiger partial charge on any atom is -0.396 e. The number of hydrogen-bond acceptors (Lipinski definition) is 18. The van der Waals surface area contributed by atoms with Crippen molar-refractivity contribution in [2.75, 3.05) is 40.6 Å². The molecule has 4 rings (SSSR count). The highest BCUT2D eigenvalue weighted by molar-refractivity contribution is 5.73. The number of methoxy groups -OCH3 is 2.